The maximum Gasteiger partial charge on any atom is 0.410 e. The number of amides is 2. The predicted molar refractivity (Wildman–Crippen MR) is 141 cm³/mol. The van der Waals surface area contributed by atoms with E-state index in [1.165, 1.54) is 4.90 Å². The molecule has 1 aliphatic rings. The summed E-state index contributed by atoms with van der Waals surface area (Å²) in [6.07, 6.45) is 3.86. The van der Waals surface area contributed by atoms with Crippen LogP contribution < -0.4 is 16.0 Å². The Morgan fingerprint density at radius 3 is 2.68 bits per heavy atom. The second-order valence-corrected chi connectivity index (χ2v) is 9.55. The first-order valence-electron chi connectivity index (χ1n) is 12.3. The largest absolute Gasteiger partial charge is 0.444 e. The van der Waals surface area contributed by atoms with E-state index in [2.05, 4.69) is 43.8 Å². The van der Waals surface area contributed by atoms with Gasteiger partial charge in [0, 0.05) is 32.2 Å². The summed E-state index contributed by atoms with van der Waals surface area (Å²) in [6.45, 7) is 6.42. The number of unbranched alkanes of at least 4 members (excludes halogenated alkanes) is 1. The SMILES string of the molecule is CNc1nc(Nc2ccc(C#N)cc2)ncc1C#CCCCNC(=O)[C@@H]1CCCN1C(=O)OC(C)(C)C. The highest BCUT2D eigenvalue weighted by Gasteiger charge is 2.36. The zero-order valence-electron chi connectivity index (χ0n) is 21.7. The minimum Gasteiger partial charge on any atom is -0.444 e. The maximum absolute atomic E-state index is 12.6. The molecule has 0 unspecified atom stereocenters. The van der Waals surface area contributed by atoms with Crippen molar-refractivity contribution in [3.05, 3.63) is 41.6 Å². The molecule has 2 heterocycles. The van der Waals surface area contributed by atoms with E-state index in [0.29, 0.717) is 55.2 Å². The van der Waals surface area contributed by atoms with Crippen LogP contribution >= 0.6 is 0 Å². The predicted octanol–water partition coefficient (Wildman–Crippen LogP) is 3.78. The van der Waals surface area contributed by atoms with Crippen LogP contribution in [0.2, 0.25) is 0 Å². The molecule has 0 spiro atoms. The number of carbonyl (C=O) groups excluding carboxylic acids is 2. The zero-order chi connectivity index (χ0) is 26.8. The van der Waals surface area contributed by atoms with E-state index in [0.717, 1.165) is 12.1 Å². The highest BCUT2D eigenvalue weighted by atomic mass is 16.6. The van der Waals surface area contributed by atoms with Crippen LogP contribution in [0.15, 0.2) is 30.5 Å². The fraction of sp³-hybridized carbons (Fsp3) is 0.444. The molecule has 0 aliphatic carbocycles. The third-order valence-electron chi connectivity index (χ3n) is 5.48. The Balaban J connectivity index is 1.47. The molecule has 10 nitrogen and oxygen atoms in total. The quantitative estimate of drug-likeness (QED) is 0.384. The van der Waals surface area contributed by atoms with Crippen molar-refractivity contribution in [2.24, 2.45) is 0 Å². The van der Waals surface area contributed by atoms with E-state index in [-0.39, 0.29) is 5.91 Å². The number of hydrogen-bond acceptors (Lipinski definition) is 8. The number of nitriles is 1. The Hall–Kier alpha value is -4.31. The molecule has 1 aromatic heterocycles. The van der Waals surface area contributed by atoms with Crippen LogP contribution in [-0.2, 0) is 9.53 Å². The third-order valence-corrected chi connectivity index (χ3v) is 5.48. The van der Waals surface area contributed by atoms with Crippen LogP contribution in [0.3, 0.4) is 0 Å². The molecule has 10 heteroatoms. The Bertz CT molecular complexity index is 1200. The molecule has 3 N–H and O–H groups in total. The first kappa shape index (κ1) is 27.3. The summed E-state index contributed by atoms with van der Waals surface area (Å²) in [7, 11) is 1.76. The van der Waals surface area contributed by atoms with Gasteiger partial charge in [-0.1, -0.05) is 11.8 Å². The van der Waals surface area contributed by atoms with Gasteiger partial charge in [0.25, 0.3) is 0 Å². The smallest absolute Gasteiger partial charge is 0.410 e. The van der Waals surface area contributed by atoms with Crippen molar-refractivity contribution < 1.29 is 14.3 Å². The first-order chi connectivity index (χ1) is 17.7. The molecule has 0 bridgehead atoms. The minimum atomic E-state index is -0.598. The van der Waals surface area contributed by atoms with Crippen molar-refractivity contribution in [2.45, 2.75) is 58.1 Å². The lowest BCUT2D eigenvalue weighted by Crippen LogP contribution is -2.47. The summed E-state index contributed by atoms with van der Waals surface area (Å²) in [5.74, 6) is 7.02. The van der Waals surface area contributed by atoms with Crippen LogP contribution in [-0.4, -0.2) is 58.6 Å². The van der Waals surface area contributed by atoms with Crippen molar-refractivity contribution in [3.63, 3.8) is 0 Å². The number of nitrogens with zero attached hydrogens (tertiary/aromatic N) is 4. The number of aromatic nitrogens is 2. The molecular weight excluding hydrogens is 470 g/mol. The molecule has 37 heavy (non-hydrogen) atoms. The number of likely N-dealkylation sites (tertiary alicyclic amines) is 1. The molecule has 2 amide bonds. The van der Waals surface area contributed by atoms with Gasteiger partial charge >= 0.3 is 6.09 Å². The monoisotopic (exact) mass is 503 g/mol. The van der Waals surface area contributed by atoms with Gasteiger partial charge in [-0.3, -0.25) is 9.69 Å². The molecule has 3 rings (SSSR count). The molecule has 194 valence electrons. The summed E-state index contributed by atoms with van der Waals surface area (Å²) >= 11 is 0. The van der Waals surface area contributed by atoms with Gasteiger partial charge < -0.3 is 20.7 Å². The number of benzene rings is 1. The van der Waals surface area contributed by atoms with Crippen molar-refractivity contribution in [1.29, 1.82) is 5.26 Å². The molecule has 1 saturated heterocycles. The molecule has 0 radical (unpaired) electrons. The molecule has 2 aromatic rings. The number of anilines is 3. The summed E-state index contributed by atoms with van der Waals surface area (Å²) in [5.41, 5.74) is 1.41. The van der Waals surface area contributed by atoms with Gasteiger partial charge in [0.05, 0.1) is 23.4 Å². The fourth-order valence-electron chi connectivity index (χ4n) is 3.72. The van der Waals surface area contributed by atoms with E-state index in [1.807, 2.05) is 20.8 Å². The van der Waals surface area contributed by atoms with Crippen LogP contribution in [0.5, 0.6) is 0 Å². The van der Waals surface area contributed by atoms with Crippen molar-refractivity contribution in [1.82, 2.24) is 20.2 Å². The van der Waals surface area contributed by atoms with E-state index >= 15 is 0 Å². The molecule has 1 aliphatic heterocycles. The molecule has 1 aromatic carbocycles. The average molecular weight is 504 g/mol. The van der Waals surface area contributed by atoms with Crippen LogP contribution in [0.4, 0.5) is 22.2 Å². The number of carbonyl (C=O) groups is 2. The van der Waals surface area contributed by atoms with Crippen molar-refractivity contribution in [2.75, 3.05) is 30.8 Å². The fourth-order valence-corrected chi connectivity index (χ4v) is 3.72. The Morgan fingerprint density at radius 2 is 2.00 bits per heavy atom. The maximum atomic E-state index is 12.6. The lowest BCUT2D eigenvalue weighted by atomic mass is 10.2. The van der Waals surface area contributed by atoms with E-state index < -0.39 is 17.7 Å². The van der Waals surface area contributed by atoms with E-state index in [1.54, 1.807) is 37.5 Å². The summed E-state index contributed by atoms with van der Waals surface area (Å²) in [4.78, 5) is 35.3. The number of rotatable bonds is 7. The average Bonchev–Trinajstić information content (AvgIpc) is 3.36. The number of nitrogens with one attached hydrogen (secondary N) is 3. The van der Waals surface area contributed by atoms with Gasteiger partial charge in [0.2, 0.25) is 11.9 Å². The van der Waals surface area contributed by atoms with E-state index in [9.17, 15) is 9.59 Å². The lowest BCUT2D eigenvalue weighted by molar-refractivity contribution is -0.125. The third kappa shape index (κ3) is 8.11. The van der Waals surface area contributed by atoms with Crippen molar-refractivity contribution >= 4 is 29.5 Å². The first-order valence-corrected chi connectivity index (χ1v) is 12.3. The highest BCUT2D eigenvalue weighted by molar-refractivity contribution is 5.86. The van der Waals surface area contributed by atoms with Gasteiger partial charge in [0.1, 0.15) is 17.5 Å². The number of ether oxygens (including phenoxy) is 1. The highest BCUT2D eigenvalue weighted by Crippen LogP contribution is 2.21. The van der Waals surface area contributed by atoms with E-state index in [4.69, 9.17) is 10.00 Å². The Kier molecular flexibility index (Phi) is 9.28. The molecule has 0 saturated carbocycles. The molecule has 1 fully saturated rings. The van der Waals surface area contributed by atoms with Gasteiger partial charge in [-0.25, -0.2) is 9.78 Å². The number of hydrogen-bond donors (Lipinski definition) is 3. The van der Waals surface area contributed by atoms with Gasteiger partial charge in [-0.2, -0.15) is 10.2 Å². The summed E-state index contributed by atoms with van der Waals surface area (Å²) in [6, 6.07) is 8.60. The standard InChI is InChI=1S/C27H33N7O3/c1-27(2,3)37-26(36)34-16-8-10-22(34)24(35)30-15-7-5-6-9-20-18-31-25(33-23(20)29-4)32-21-13-11-19(17-28)12-14-21/h11-14,18,22H,5,7-8,10,15-16H2,1-4H3,(H,30,35)(H2,29,31,32,33)/t22-/m0/s1. The zero-order valence-corrected chi connectivity index (χ0v) is 21.7. The molecule has 1 atom stereocenters. The minimum absolute atomic E-state index is 0.160. The summed E-state index contributed by atoms with van der Waals surface area (Å²) < 4.78 is 5.42. The second kappa shape index (κ2) is 12.6. The topological polar surface area (TPSA) is 132 Å². The molecular formula is C27H33N7O3. The van der Waals surface area contributed by atoms with Crippen molar-refractivity contribution in [3.8, 4) is 17.9 Å². The lowest BCUT2D eigenvalue weighted by Gasteiger charge is -2.28. The van der Waals surface area contributed by atoms with Crippen LogP contribution in [0, 0.1) is 23.2 Å². The summed E-state index contributed by atoms with van der Waals surface area (Å²) in [5, 5.41) is 18.0. The van der Waals surface area contributed by atoms with Gasteiger partial charge in [-0.05, 0) is 64.3 Å². The normalized spacial score (nSPS) is 14.7. The second-order valence-electron chi connectivity index (χ2n) is 9.55. The van der Waals surface area contributed by atoms with Crippen LogP contribution in [0.25, 0.3) is 0 Å². The van der Waals surface area contributed by atoms with Crippen LogP contribution in [0.1, 0.15) is 57.6 Å². The van der Waals surface area contributed by atoms with Gasteiger partial charge in [-0.15, -0.1) is 0 Å². The Morgan fingerprint density at radius 1 is 1.24 bits per heavy atom. The Labute approximate surface area is 217 Å². The van der Waals surface area contributed by atoms with Gasteiger partial charge in [0.15, 0.2) is 0 Å².